The molecule has 0 radical (unpaired) electrons. The second-order valence-corrected chi connectivity index (χ2v) is 19.5. The van der Waals surface area contributed by atoms with E-state index < -0.39 is 18.2 Å². The van der Waals surface area contributed by atoms with Gasteiger partial charge in [0.2, 0.25) is 5.91 Å². The first kappa shape index (κ1) is 60.8. The van der Waals surface area contributed by atoms with E-state index in [2.05, 4.69) is 43.5 Å². The Kier molecular flexibility index (Phi) is 51.5. The van der Waals surface area contributed by atoms with Gasteiger partial charge < -0.3 is 20.6 Å². The van der Waals surface area contributed by atoms with Crippen molar-refractivity contribution in [2.45, 2.75) is 327 Å². The van der Waals surface area contributed by atoms with Gasteiger partial charge in [0.15, 0.2) is 0 Å². The van der Waals surface area contributed by atoms with Crippen LogP contribution in [0.15, 0.2) is 24.3 Å². The molecule has 62 heavy (non-hydrogen) atoms. The van der Waals surface area contributed by atoms with Crippen molar-refractivity contribution in [3.8, 4) is 0 Å². The van der Waals surface area contributed by atoms with Crippen LogP contribution in [0.25, 0.3) is 0 Å². The molecule has 4 N–H and O–H groups in total. The maximum absolute atomic E-state index is 12.5. The quantitative estimate of drug-likeness (QED) is 0.0362. The van der Waals surface area contributed by atoms with Crippen LogP contribution >= 0.6 is 0 Å². The lowest BCUT2D eigenvalue weighted by atomic mass is 10.0. The molecule has 0 aliphatic heterocycles. The number of aliphatic hydroxyl groups is 3. The minimum absolute atomic E-state index is 0.150. The first-order chi connectivity index (χ1) is 30.6. The van der Waals surface area contributed by atoms with Gasteiger partial charge in [0.05, 0.1) is 18.8 Å². The van der Waals surface area contributed by atoms with Gasteiger partial charge in [0.1, 0.15) is 6.10 Å². The number of allylic oxidation sites excluding steroid dienone is 4. The molecule has 0 saturated carbocycles. The summed E-state index contributed by atoms with van der Waals surface area (Å²) in [5.41, 5.74) is 0. The van der Waals surface area contributed by atoms with E-state index in [4.69, 9.17) is 0 Å². The molecular formula is C57H111NO4. The van der Waals surface area contributed by atoms with Crippen LogP contribution < -0.4 is 5.32 Å². The number of amides is 1. The predicted octanol–water partition coefficient (Wildman–Crippen LogP) is 17.3. The van der Waals surface area contributed by atoms with Crippen molar-refractivity contribution in [2.75, 3.05) is 6.61 Å². The Morgan fingerprint density at radius 1 is 0.387 bits per heavy atom. The van der Waals surface area contributed by atoms with Crippen LogP contribution in [0.5, 0.6) is 0 Å². The summed E-state index contributed by atoms with van der Waals surface area (Å²) < 4.78 is 0. The van der Waals surface area contributed by atoms with E-state index >= 15 is 0 Å². The Balaban J connectivity index is 3.46. The topological polar surface area (TPSA) is 89.8 Å². The maximum Gasteiger partial charge on any atom is 0.220 e. The summed E-state index contributed by atoms with van der Waals surface area (Å²) in [6.45, 7) is 4.18. The Hall–Kier alpha value is -1.17. The van der Waals surface area contributed by atoms with E-state index in [0.717, 1.165) is 38.5 Å². The highest BCUT2D eigenvalue weighted by Gasteiger charge is 2.26. The standard InChI is InChI=1S/C57H111NO4/c1-3-5-7-9-11-13-15-17-18-19-20-21-22-23-24-25-26-27-28-29-30-31-32-33-34-35-36-37-38-40-42-44-46-48-50-52-56(61)58-54(53-59)57(62)55(60)51-49-47-45-43-41-39-16-14-12-10-8-6-4-2/h25-26,43,45,54-55,57,59-60,62H,3-24,27-42,44,46-53H2,1-2H3,(H,58,61)/b26-25-,45-43+. The second kappa shape index (κ2) is 52.5. The summed E-state index contributed by atoms with van der Waals surface area (Å²) in [5, 5.41) is 33.6. The first-order valence-corrected chi connectivity index (χ1v) is 28.1. The van der Waals surface area contributed by atoms with Crippen molar-refractivity contribution in [1.29, 1.82) is 0 Å². The molecule has 3 atom stereocenters. The molecule has 0 aromatic carbocycles. The second-order valence-electron chi connectivity index (χ2n) is 19.5. The fourth-order valence-corrected chi connectivity index (χ4v) is 8.93. The van der Waals surface area contributed by atoms with Crippen LogP contribution in [-0.4, -0.2) is 46.1 Å². The molecule has 0 rings (SSSR count). The monoisotopic (exact) mass is 874 g/mol. The largest absolute Gasteiger partial charge is 0.394 e. The highest BCUT2D eigenvalue weighted by atomic mass is 16.3. The zero-order chi connectivity index (χ0) is 45.1. The van der Waals surface area contributed by atoms with Crippen LogP contribution in [0, 0.1) is 0 Å². The summed E-state index contributed by atoms with van der Waals surface area (Å²) >= 11 is 0. The lowest BCUT2D eigenvalue weighted by Crippen LogP contribution is -2.50. The normalized spacial score (nSPS) is 13.4. The molecule has 0 bridgehead atoms. The molecule has 0 aliphatic rings. The molecular weight excluding hydrogens is 763 g/mol. The number of hydrogen-bond acceptors (Lipinski definition) is 4. The van der Waals surface area contributed by atoms with E-state index in [-0.39, 0.29) is 12.5 Å². The van der Waals surface area contributed by atoms with Crippen molar-refractivity contribution < 1.29 is 20.1 Å². The van der Waals surface area contributed by atoms with Gasteiger partial charge in [-0.05, 0) is 64.2 Å². The van der Waals surface area contributed by atoms with Gasteiger partial charge in [-0.3, -0.25) is 4.79 Å². The fraction of sp³-hybridized carbons (Fsp3) is 0.912. The molecule has 0 fully saturated rings. The van der Waals surface area contributed by atoms with Crippen molar-refractivity contribution in [2.24, 2.45) is 0 Å². The third-order valence-electron chi connectivity index (χ3n) is 13.3. The summed E-state index contributed by atoms with van der Waals surface area (Å²) in [7, 11) is 0. The van der Waals surface area contributed by atoms with Gasteiger partial charge in [-0.2, -0.15) is 0 Å². The van der Waals surface area contributed by atoms with Gasteiger partial charge in [0.25, 0.3) is 0 Å². The molecule has 368 valence electrons. The average molecular weight is 875 g/mol. The zero-order valence-corrected chi connectivity index (χ0v) is 42.0. The van der Waals surface area contributed by atoms with E-state index in [9.17, 15) is 20.1 Å². The molecule has 0 saturated heterocycles. The average Bonchev–Trinajstić information content (AvgIpc) is 3.28. The SMILES string of the molecule is CCCCCCCCCC/C=C/CCCC(O)C(O)C(CO)NC(=O)CCCCCCCCCCCCCCCCCCC/C=C\CCCCCCCCCCCCCCCC. The summed E-state index contributed by atoms with van der Waals surface area (Å²) in [5.74, 6) is -0.150. The lowest BCUT2D eigenvalue weighted by molar-refractivity contribution is -0.124. The highest BCUT2D eigenvalue weighted by Crippen LogP contribution is 2.17. The van der Waals surface area contributed by atoms with E-state index in [1.54, 1.807) is 0 Å². The lowest BCUT2D eigenvalue weighted by Gasteiger charge is -2.26. The summed E-state index contributed by atoms with van der Waals surface area (Å²) in [6.07, 6.45) is 66.4. The molecule has 0 heterocycles. The number of nitrogens with one attached hydrogen (secondary N) is 1. The maximum atomic E-state index is 12.5. The molecule has 0 spiro atoms. The van der Waals surface area contributed by atoms with E-state index in [1.165, 1.54) is 244 Å². The van der Waals surface area contributed by atoms with E-state index in [0.29, 0.717) is 12.8 Å². The third-order valence-corrected chi connectivity index (χ3v) is 13.3. The molecule has 5 nitrogen and oxygen atoms in total. The Morgan fingerprint density at radius 2 is 0.645 bits per heavy atom. The summed E-state index contributed by atoms with van der Waals surface area (Å²) in [6, 6.07) is -0.823. The molecule has 1 amide bonds. The van der Waals surface area contributed by atoms with Crippen LogP contribution in [-0.2, 0) is 4.79 Å². The number of carbonyl (C=O) groups excluding carboxylic acids is 1. The molecule has 0 aromatic heterocycles. The van der Waals surface area contributed by atoms with Crippen molar-refractivity contribution >= 4 is 5.91 Å². The number of rotatable bonds is 52. The minimum atomic E-state index is -1.16. The first-order valence-electron chi connectivity index (χ1n) is 28.1. The minimum Gasteiger partial charge on any atom is -0.394 e. The predicted molar refractivity (Wildman–Crippen MR) is 273 cm³/mol. The summed E-state index contributed by atoms with van der Waals surface area (Å²) in [4.78, 5) is 12.5. The zero-order valence-electron chi connectivity index (χ0n) is 42.0. The van der Waals surface area contributed by atoms with Gasteiger partial charge in [-0.25, -0.2) is 0 Å². The third kappa shape index (κ3) is 46.8. The number of unbranched alkanes of at least 4 members (excludes halogenated alkanes) is 40. The number of hydrogen-bond donors (Lipinski definition) is 4. The molecule has 0 aromatic rings. The van der Waals surface area contributed by atoms with Crippen LogP contribution in [0.2, 0.25) is 0 Å². The number of carbonyl (C=O) groups is 1. The van der Waals surface area contributed by atoms with Crippen molar-refractivity contribution in [1.82, 2.24) is 5.32 Å². The van der Waals surface area contributed by atoms with E-state index in [1.807, 2.05) is 0 Å². The Morgan fingerprint density at radius 3 is 0.935 bits per heavy atom. The molecule has 0 aliphatic carbocycles. The fourth-order valence-electron chi connectivity index (χ4n) is 8.93. The van der Waals surface area contributed by atoms with Crippen LogP contribution in [0.4, 0.5) is 0 Å². The smallest absolute Gasteiger partial charge is 0.220 e. The van der Waals surface area contributed by atoms with Gasteiger partial charge >= 0.3 is 0 Å². The van der Waals surface area contributed by atoms with Crippen molar-refractivity contribution in [3.63, 3.8) is 0 Å². The molecule has 3 unspecified atom stereocenters. The Bertz CT molecular complexity index is 920. The van der Waals surface area contributed by atoms with Crippen LogP contribution in [0.1, 0.15) is 309 Å². The number of aliphatic hydroxyl groups excluding tert-OH is 3. The highest BCUT2D eigenvalue weighted by molar-refractivity contribution is 5.76. The van der Waals surface area contributed by atoms with Gasteiger partial charge in [-0.1, -0.05) is 263 Å². The van der Waals surface area contributed by atoms with Crippen LogP contribution in [0.3, 0.4) is 0 Å². The Labute approximate surface area is 388 Å². The van der Waals surface area contributed by atoms with Gasteiger partial charge in [-0.15, -0.1) is 0 Å². The molecule has 5 heteroatoms. The van der Waals surface area contributed by atoms with Gasteiger partial charge in [0, 0.05) is 6.42 Å². The van der Waals surface area contributed by atoms with Crippen molar-refractivity contribution in [3.05, 3.63) is 24.3 Å².